The third-order valence-electron chi connectivity index (χ3n) is 3.18. The summed E-state index contributed by atoms with van der Waals surface area (Å²) < 4.78 is 27.3. The Balaban J connectivity index is 2.09. The minimum absolute atomic E-state index is 0.104. The Morgan fingerprint density at radius 2 is 1.84 bits per heavy atom. The van der Waals surface area contributed by atoms with E-state index in [1.165, 1.54) is 33.5 Å². The molecule has 1 N–H and O–H groups in total. The first-order chi connectivity index (χ1) is 8.99. The molecule has 19 heavy (non-hydrogen) atoms. The summed E-state index contributed by atoms with van der Waals surface area (Å²) in [5.74, 6) is -1.00. The number of hydrogen-bond donors (Lipinski definition) is 1. The monoisotopic (exact) mass is 281 g/mol. The molecule has 1 aromatic carbocycles. The fraction of sp³-hybridized carbons (Fsp3) is 0.333. The minimum atomic E-state index is -0.502. The van der Waals surface area contributed by atoms with Crippen LogP contribution in [0, 0.1) is 25.5 Å². The van der Waals surface area contributed by atoms with Crippen molar-refractivity contribution in [1.82, 2.24) is 5.32 Å². The minimum Gasteiger partial charge on any atom is -0.306 e. The van der Waals surface area contributed by atoms with Gasteiger partial charge in [0, 0.05) is 27.9 Å². The third-order valence-corrected chi connectivity index (χ3v) is 4.18. The molecule has 1 aromatic heterocycles. The Kier molecular flexibility index (Phi) is 4.32. The van der Waals surface area contributed by atoms with Crippen LogP contribution < -0.4 is 5.32 Å². The lowest BCUT2D eigenvalue weighted by atomic mass is 10.1. The zero-order valence-corrected chi connectivity index (χ0v) is 12.1. The number of thiophene rings is 1. The van der Waals surface area contributed by atoms with Crippen molar-refractivity contribution in [2.75, 3.05) is 0 Å². The van der Waals surface area contributed by atoms with Gasteiger partial charge in [-0.3, -0.25) is 0 Å². The van der Waals surface area contributed by atoms with Crippen molar-refractivity contribution in [2.24, 2.45) is 0 Å². The lowest BCUT2D eigenvalue weighted by Crippen LogP contribution is -2.20. The van der Waals surface area contributed by atoms with Crippen molar-refractivity contribution < 1.29 is 8.78 Å². The van der Waals surface area contributed by atoms with Gasteiger partial charge in [0.1, 0.15) is 11.6 Å². The van der Waals surface area contributed by atoms with Crippen LogP contribution in [0.1, 0.15) is 33.8 Å². The topological polar surface area (TPSA) is 12.0 Å². The van der Waals surface area contributed by atoms with Crippen LogP contribution in [0.3, 0.4) is 0 Å². The molecule has 1 unspecified atom stereocenters. The number of nitrogens with one attached hydrogen (secondary N) is 1. The standard InChI is InChI=1S/C15H17F2NS/c1-9-7-12(11(3)19-9)8-18-10(2)15-13(16)5-4-6-14(15)17/h4-7,10,18H,8H2,1-3H3. The van der Waals surface area contributed by atoms with Gasteiger partial charge in [-0.25, -0.2) is 8.78 Å². The third kappa shape index (κ3) is 3.19. The van der Waals surface area contributed by atoms with E-state index in [2.05, 4.69) is 25.2 Å². The molecule has 4 heteroatoms. The zero-order valence-electron chi connectivity index (χ0n) is 11.3. The molecule has 0 spiro atoms. The molecule has 0 amide bonds. The molecule has 0 saturated carbocycles. The van der Waals surface area contributed by atoms with Crippen molar-refractivity contribution in [3.8, 4) is 0 Å². The number of rotatable bonds is 4. The van der Waals surface area contributed by atoms with E-state index in [1.54, 1.807) is 18.3 Å². The number of halogens is 2. The van der Waals surface area contributed by atoms with Crippen molar-refractivity contribution in [2.45, 2.75) is 33.4 Å². The van der Waals surface area contributed by atoms with E-state index < -0.39 is 11.6 Å². The molecule has 0 saturated heterocycles. The number of benzene rings is 1. The van der Waals surface area contributed by atoms with Gasteiger partial charge >= 0.3 is 0 Å². The van der Waals surface area contributed by atoms with Gasteiger partial charge in [-0.2, -0.15) is 0 Å². The molecule has 102 valence electrons. The molecule has 2 rings (SSSR count). The average Bonchev–Trinajstić information content (AvgIpc) is 2.65. The number of hydrogen-bond acceptors (Lipinski definition) is 2. The molecule has 0 aliphatic carbocycles. The van der Waals surface area contributed by atoms with Crippen LogP contribution in [-0.2, 0) is 6.54 Å². The van der Waals surface area contributed by atoms with Gasteiger partial charge in [-0.1, -0.05) is 6.07 Å². The van der Waals surface area contributed by atoms with Gasteiger partial charge in [-0.15, -0.1) is 11.3 Å². The Morgan fingerprint density at radius 1 is 1.21 bits per heavy atom. The summed E-state index contributed by atoms with van der Waals surface area (Å²) >= 11 is 1.73. The van der Waals surface area contributed by atoms with Crippen molar-refractivity contribution in [1.29, 1.82) is 0 Å². The van der Waals surface area contributed by atoms with E-state index in [0.717, 1.165) is 0 Å². The predicted molar refractivity (Wildman–Crippen MR) is 75.4 cm³/mol. The van der Waals surface area contributed by atoms with Crippen LogP contribution >= 0.6 is 11.3 Å². The summed E-state index contributed by atoms with van der Waals surface area (Å²) in [6, 6.07) is 5.71. The highest BCUT2D eigenvalue weighted by Gasteiger charge is 2.15. The second kappa shape index (κ2) is 5.80. The quantitative estimate of drug-likeness (QED) is 0.870. The Hall–Kier alpha value is -1.26. The normalized spacial score (nSPS) is 12.7. The summed E-state index contributed by atoms with van der Waals surface area (Å²) in [6.07, 6.45) is 0. The van der Waals surface area contributed by atoms with E-state index in [9.17, 15) is 8.78 Å². The van der Waals surface area contributed by atoms with Crippen molar-refractivity contribution >= 4 is 11.3 Å². The lowest BCUT2D eigenvalue weighted by molar-refractivity contribution is 0.487. The predicted octanol–water partition coefficient (Wildman–Crippen LogP) is 4.49. The summed E-state index contributed by atoms with van der Waals surface area (Å²) in [7, 11) is 0. The SMILES string of the molecule is Cc1cc(CNC(C)c2c(F)cccc2F)c(C)s1. The average molecular weight is 281 g/mol. The van der Waals surface area contributed by atoms with Crippen LogP contribution in [0.25, 0.3) is 0 Å². The Bertz CT molecular complexity index is 557. The van der Waals surface area contributed by atoms with Crippen LogP contribution in [0.15, 0.2) is 24.3 Å². The first-order valence-electron chi connectivity index (χ1n) is 6.22. The zero-order chi connectivity index (χ0) is 14.0. The first kappa shape index (κ1) is 14.2. The lowest BCUT2D eigenvalue weighted by Gasteiger charge is -2.15. The van der Waals surface area contributed by atoms with Gasteiger partial charge in [0.05, 0.1) is 0 Å². The summed E-state index contributed by atoms with van der Waals surface area (Å²) in [5, 5.41) is 3.18. The summed E-state index contributed by atoms with van der Waals surface area (Å²) in [6.45, 7) is 6.51. The first-order valence-corrected chi connectivity index (χ1v) is 7.04. The van der Waals surface area contributed by atoms with E-state index in [0.29, 0.717) is 6.54 Å². The molecule has 0 aliphatic heterocycles. The molecular formula is C15H17F2NS. The van der Waals surface area contributed by atoms with E-state index in [1.807, 2.05) is 0 Å². The van der Waals surface area contributed by atoms with E-state index in [4.69, 9.17) is 0 Å². The fourth-order valence-electron chi connectivity index (χ4n) is 2.15. The maximum Gasteiger partial charge on any atom is 0.130 e. The van der Waals surface area contributed by atoms with Gasteiger partial charge in [0.25, 0.3) is 0 Å². The maximum atomic E-state index is 13.6. The van der Waals surface area contributed by atoms with Crippen molar-refractivity contribution in [3.05, 3.63) is 56.8 Å². The Labute approximate surface area is 116 Å². The highest BCUT2D eigenvalue weighted by molar-refractivity contribution is 7.12. The van der Waals surface area contributed by atoms with E-state index in [-0.39, 0.29) is 11.6 Å². The van der Waals surface area contributed by atoms with Crippen LogP contribution in [0.2, 0.25) is 0 Å². The second-order valence-electron chi connectivity index (χ2n) is 4.68. The molecule has 1 nitrogen and oxygen atoms in total. The largest absolute Gasteiger partial charge is 0.306 e. The molecular weight excluding hydrogens is 264 g/mol. The van der Waals surface area contributed by atoms with Gasteiger partial charge in [0.2, 0.25) is 0 Å². The maximum absolute atomic E-state index is 13.6. The van der Waals surface area contributed by atoms with E-state index >= 15 is 0 Å². The number of aryl methyl sites for hydroxylation is 2. The summed E-state index contributed by atoms with van der Waals surface area (Å²) in [5.41, 5.74) is 1.29. The molecule has 0 radical (unpaired) electrons. The molecule has 1 atom stereocenters. The van der Waals surface area contributed by atoms with Gasteiger partial charge in [0.15, 0.2) is 0 Å². The second-order valence-corrected chi connectivity index (χ2v) is 6.14. The summed E-state index contributed by atoms with van der Waals surface area (Å²) in [4.78, 5) is 2.49. The van der Waals surface area contributed by atoms with Crippen LogP contribution in [0.5, 0.6) is 0 Å². The Morgan fingerprint density at radius 3 is 2.37 bits per heavy atom. The van der Waals surface area contributed by atoms with Crippen LogP contribution in [-0.4, -0.2) is 0 Å². The van der Waals surface area contributed by atoms with Gasteiger partial charge in [-0.05, 0) is 44.5 Å². The molecule has 0 aliphatic rings. The highest BCUT2D eigenvalue weighted by Crippen LogP contribution is 2.23. The smallest absolute Gasteiger partial charge is 0.130 e. The molecule has 0 fully saturated rings. The molecule has 0 bridgehead atoms. The molecule has 2 aromatic rings. The van der Waals surface area contributed by atoms with Gasteiger partial charge < -0.3 is 5.32 Å². The van der Waals surface area contributed by atoms with Crippen molar-refractivity contribution in [3.63, 3.8) is 0 Å². The van der Waals surface area contributed by atoms with Crippen LogP contribution in [0.4, 0.5) is 8.78 Å². The molecule has 1 heterocycles. The fourth-order valence-corrected chi connectivity index (χ4v) is 3.09. The highest BCUT2D eigenvalue weighted by atomic mass is 32.1.